The molecular formula is C16H30N2O. The highest BCUT2D eigenvalue weighted by molar-refractivity contribution is 5.12. The summed E-state index contributed by atoms with van der Waals surface area (Å²) >= 11 is 0. The molecule has 0 amide bonds. The average molecular weight is 266 g/mol. The molecule has 0 saturated heterocycles. The molecule has 1 aromatic heterocycles. The van der Waals surface area contributed by atoms with Crippen molar-refractivity contribution >= 4 is 0 Å². The summed E-state index contributed by atoms with van der Waals surface area (Å²) in [5.41, 5.74) is 1.50. The number of furan rings is 1. The van der Waals surface area contributed by atoms with E-state index in [-0.39, 0.29) is 5.41 Å². The predicted octanol–water partition coefficient (Wildman–Crippen LogP) is 3.64. The number of nitrogens with zero attached hydrogens (tertiary/aromatic N) is 1. The van der Waals surface area contributed by atoms with E-state index in [9.17, 15) is 0 Å². The first-order valence-electron chi connectivity index (χ1n) is 7.20. The van der Waals surface area contributed by atoms with Crippen molar-refractivity contribution in [1.29, 1.82) is 0 Å². The van der Waals surface area contributed by atoms with Crippen molar-refractivity contribution in [2.45, 2.75) is 66.7 Å². The second kappa shape index (κ2) is 6.58. The Morgan fingerprint density at radius 3 is 2.42 bits per heavy atom. The van der Waals surface area contributed by atoms with E-state index in [0.29, 0.717) is 12.1 Å². The molecule has 0 aliphatic rings. The highest BCUT2D eigenvalue weighted by atomic mass is 16.3. The molecular weight excluding hydrogens is 236 g/mol. The van der Waals surface area contributed by atoms with Gasteiger partial charge in [0.25, 0.3) is 0 Å². The van der Waals surface area contributed by atoms with E-state index in [4.69, 9.17) is 4.42 Å². The Morgan fingerprint density at radius 1 is 1.26 bits per heavy atom. The molecule has 110 valence electrons. The molecule has 1 N–H and O–H groups in total. The molecule has 0 aromatic carbocycles. The van der Waals surface area contributed by atoms with Crippen LogP contribution in [0.15, 0.2) is 16.7 Å². The Labute approximate surface area is 118 Å². The van der Waals surface area contributed by atoms with Crippen LogP contribution < -0.4 is 5.32 Å². The van der Waals surface area contributed by atoms with E-state index in [0.717, 1.165) is 18.8 Å². The van der Waals surface area contributed by atoms with E-state index in [1.54, 1.807) is 0 Å². The molecule has 0 radical (unpaired) electrons. The number of hydrogen-bond acceptors (Lipinski definition) is 3. The number of rotatable bonds is 6. The molecule has 0 fully saturated rings. The lowest BCUT2D eigenvalue weighted by Crippen LogP contribution is -2.38. The van der Waals surface area contributed by atoms with Crippen LogP contribution in [0.5, 0.6) is 0 Å². The maximum Gasteiger partial charge on any atom is 0.118 e. The fourth-order valence-corrected chi connectivity index (χ4v) is 1.97. The largest absolute Gasteiger partial charge is 0.468 e. The molecule has 1 heterocycles. The van der Waals surface area contributed by atoms with Crippen molar-refractivity contribution in [3.8, 4) is 0 Å². The van der Waals surface area contributed by atoms with Crippen LogP contribution in [0.3, 0.4) is 0 Å². The minimum absolute atomic E-state index is 0.281. The van der Waals surface area contributed by atoms with Crippen LogP contribution in [-0.2, 0) is 13.1 Å². The molecule has 1 atom stereocenters. The zero-order valence-corrected chi connectivity index (χ0v) is 13.6. The van der Waals surface area contributed by atoms with E-state index in [1.807, 2.05) is 6.26 Å². The van der Waals surface area contributed by atoms with Gasteiger partial charge < -0.3 is 9.73 Å². The summed E-state index contributed by atoms with van der Waals surface area (Å²) in [7, 11) is 2.16. The minimum atomic E-state index is 0.281. The first-order chi connectivity index (χ1) is 8.70. The lowest BCUT2D eigenvalue weighted by molar-refractivity contribution is 0.127. The molecule has 1 rings (SSSR count). The lowest BCUT2D eigenvalue weighted by Gasteiger charge is -2.34. The van der Waals surface area contributed by atoms with Gasteiger partial charge in [-0.2, -0.15) is 0 Å². The topological polar surface area (TPSA) is 28.4 Å². The molecule has 0 aliphatic carbocycles. The third-order valence-electron chi connectivity index (χ3n) is 3.74. The molecule has 0 saturated carbocycles. The third-order valence-corrected chi connectivity index (χ3v) is 3.74. The SMILES string of the molecule is CC(C)NCc1coc(CN(C)C(C)C(C)(C)C)c1. The minimum Gasteiger partial charge on any atom is -0.468 e. The van der Waals surface area contributed by atoms with Crippen molar-refractivity contribution in [3.05, 3.63) is 23.7 Å². The van der Waals surface area contributed by atoms with Crippen molar-refractivity contribution in [2.24, 2.45) is 5.41 Å². The van der Waals surface area contributed by atoms with Crippen molar-refractivity contribution in [1.82, 2.24) is 10.2 Å². The second-order valence-electron chi connectivity index (χ2n) is 6.91. The van der Waals surface area contributed by atoms with Gasteiger partial charge >= 0.3 is 0 Å². The third kappa shape index (κ3) is 5.37. The van der Waals surface area contributed by atoms with Crippen LogP contribution >= 0.6 is 0 Å². The van der Waals surface area contributed by atoms with Crippen LogP contribution in [-0.4, -0.2) is 24.0 Å². The van der Waals surface area contributed by atoms with Gasteiger partial charge in [0.2, 0.25) is 0 Å². The molecule has 19 heavy (non-hydrogen) atoms. The standard InChI is InChI=1S/C16H30N2O/c1-12(2)17-9-14-8-15(19-11-14)10-18(7)13(3)16(4,5)6/h8,11-13,17H,9-10H2,1-7H3. The summed E-state index contributed by atoms with van der Waals surface area (Å²) in [5, 5.41) is 3.40. The molecule has 3 nitrogen and oxygen atoms in total. The Bertz CT molecular complexity index is 376. The summed E-state index contributed by atoms with van der Waals surface area (Å²) in [6, 6.07) is 3.16. The summed E-state index contributed by atoms with van der Waals surface area (Å²) in [4.78, 5) is 2.35. The quantitative estimate of drug-likeness (QED) is 0.852. The van der Waals surface area contributed by atoms with Gasteiger partial charge in [-0.05, 0) is 25.5 Å². The van der Waals surface area contributed by atoms with Crippen molar-refractivity contribution < 1.29 is 4.42 Å². The summed E-state index contributed by atoms with van der Waals surface area (Å²) in [5.74, 6) is 1.04. The second-order valence-corrected chi connectivity index (χ2v) is 6.91. The Kier molecular flexibility index (Phi) is 5.63. The van der Waals surface area contributed by atoms with E-state index < -0.39 is 0 Å². The van der Waals surface area contributed by atoms with Crippen LogP contribution in [0.4, 0.5) is 0 Å². The van der Waals surface area contributed by atoms with E-state index in [1.165, 1.54) is 5.56 Å². The highest BCUT2D eigenvalue weighted by Gasteiger charge is 2.24. The zero-order chi connectivity index (χ0) is 14.6. The first kappa shape index (κ1) is 16.3. The summed E-state index contributed by atoms with van der Waals surface area (Å²) in [6.07, 6.45) is 1.86. The van der Waals surface area contributed by atoms with Gasteiger partial charge in [-0.15, -0.1) is 0 Å². The van der Waals surface area contributed by atoms with Crippen LogP contribution in [0.2, 0.25) is 0 Å². The van der Waals surface area contributed by atoms with Gasteiger partial charge in [-0.3, -0.25) is 4.90 Å². The summed E-state index contributed by atoms with van der Waals surface area (Å²) < 4.78 is 5.65. The van der Waals surface area contributed by atoms with Gasteiger partial charge in [0.1, 0.15) is 5.76 Å². The van der Waals surface area contributed by atoms with E-state index in [2.05, 4.69) is 64.9 Å². The van der Waals surface area contributed by atoms with Gasteiger partial charge in [-0.1, -0.05) is 34.6 Å². The van der Waals surface area contributed by atoms with Crippen molar-refractivity contribution in [2.75, 3.05) is 7.05 Å². The first-order valence-corrected chi connectivity index (χ1v) is 7.20. The molecule has 1 unspecified atom stereocenters. The lowest BCUT2D eigenvalue weighted by atomic mass is 9.87. The molecule has 3 heteroatoms. The van der Waals surface area contributed by atoms with Gasteiger partial charge in [0.05, 0.1) is 12.8 Å². The van der Waals surface area contributed by atoms with Gasteiger partial charge in [-0.25, -0.2) is 0 Å². The monoisotopic (exact) mass is 266 g/mol. The van der Waals surface area contributed by atoms with Crippen LogP contribution in [0, 0.1) is 5.41 Å². The maximum absolute atomic E-state index is 5.65. The van der Waals surface area contributed by atoms with Crippen LogP contribution in [0.1, 0.15) is 52.9 Å². The Hall–Kier alpha value is -0.800. The highest BCUT2D eigenvalue weighted by Crippen LogP contribution is 2.24. The smallest absolute Gasteiger partial charge is 0.118 e. The fourth-order valence-electron chi connectivity index (χ4n) is 1.97. The summed E-state index contributed by atoms with van der Waals surface area (Å²) in [6.45, 7) is 15.1. The number of hydrogen-bond donors (Lipinski definition) is 1. The molecule has 0 spiro atoms. The predicted molar refractivity (Wildman–Crippen MR) is 81.1 cm³/mol. The molecule has 0 aliphatic heterocycles. The van der Waals surface area contributed by atoms with Gasteiger partial charge in [0.15, 0.2) is 0 Å². The maximum atomic E-state index is 5.65. The molecule has 1 aromatic rings. The van der Waals surface area contributed by atoms with Gasteiger partial charge in [0, 0.05) is 24.2 Å². The number of nitrogens with one attached hydrogen (secondary N) is 1. The van der Waals surface area contributed by atoms with E-state index >= 15 is 0 Å². The van der Waals surface area contributed by atoms with Crippen LogP contribution in [0.25, 0.3) is 0 Å². The van der Waals surface area contributed by atoms with Crippen molar-refractivity contribution in [3.63, 3.8) is 0 Å². The Morgan fingerprint density at radius 2 is 1.89 bits per heavy atom. The fraction of sp³-hybridized carbons (Fsp3) is 0.750. The normalized spacial score (nSPS) is 14.4. The zero-order valence-electron chi connectivity index (χ0n) is 13.6. The average Bonchev–Trinajstić information content (AvgIpc) is 2.71. The molecule has 0 bridgehead atoms. The Balaban J connectivity index is 2.53.